The van der Waals surface area contributed by atoms with E-state index in [4.69, 9.17) is 5.11 Å². The Balaban J connectivity index is 3.17. The van der Waals surface area contributed by atoms with E-state index in [2.05, 4.69) is 31.9 Å². The summed E-state index contributed by atoms with van der Waals surface area (Å²) in [5.74, 6) is -8.20. The number of amides is 10. The van der Waals surface area contributed by atoms with Crippen LogP contribution in [0.15, 0.2) is 30.3 Å². The molecule has 1 aromatic carbocycles. The van der Waals surface area contributed by atoms with E-state index < -0.39 is 140 Å². The second-order valence-electron chi connectivity index (χ2n) is 20.5. The normalized spacial score (nSPS) is 13.8. The molecule has 23 heteroatoms. The van der Waals surface area contributed by atoms with E-state index >= 15 is 0 Å². The average Bonchev–Trinajstić information content (AvgIpc) is 3.40. The molecular weight excluding hydrogens is 997 g/mol. The highest BCUT2D eigenvalue weighted by Gasteiger charge is 2.39. The van der Waals surface area contributed by atoms with Crippen LogP contribution in [0, 0.1) is 17.8 Å². The Morgan fingerprint density at radius 2 is 1.00 bits per heavy atom. The largest absolute Gasteiger partial charge is 0.387 e. The van der Waals surface area contributed by atoms with Crippen LogP contribution in [0.25, 0.3) is 0 Å². The van der Waals surface area contributed by atoms with Gasteiger partial charge in [0.05, 0.1) is 38.3 Å². The molecule has 0 aliphatic carbocycles. The first-order valence-corrected chi connectivity index (χ1v) is 26.5. The third kappa shape index (κ3) is 24.0. The van der Waals surface area contributed by atoms with Gasteiger partial charge in [0, 0.05) is 53.4 Å². The second-order valence-corrected chi connectivity index (χ2v) is 20.5. The lowest BCUT2D eigenvalue weighted by atomic mass is 9.92. The molecule has 432 valence electrons. The number of aliphatic hydroxyl groups is 1. The second kappa shape index (κ2) is 34.8. The molecule has 1 unspecified atom stereocenters. The fourth-order valence-electron chi connectivity index (χ4n) is 8.21. The maximum atomic E-state index is 14.4. The Labute approximate surface area is 454 Å². The number of ketones is 2. The number of carbonyl (C=O) groups is 12. The zero-order chi connectivity index (χ0) is 58.7. The van der Waals surface area contributed by atoms with Gasteiger partial charge in [0.1, 0.15) is 30.8 Å². The third-order valence-corrected chi connectivity index (χ3v) is 13.2. The summed E-state index contributed by atoms with van der Waals surface area (Å²) in [6.45, 7) is 12.9. The smallest absolute Gasteiger partial charge is 0.246 e. The molecule has 0 spiro atoms. The SMILES string of the molecule is CCCCCC(=O)C(CC)NC(=O)CNC(=O)CNC(=O)[C@H](C)N(C)C(=O)[C@H](Cc1ccccc1)N(C)C(=O)[C@H](C)CC(=O)[C@H](CC(C)C)N(C)C(=O)[C@H](C)N(C)C(=O)[C@H](CC(C)C)NC(=O)CNC(=O)CNC(=O)CO. The number of carbonyl (C=O) groups excluding carboxylic acids is 12. The molecule has 1 rings (SSSR count). The highest BCUT2D eigenvalue weighted by Crippen LogP contribution is 2.22. The molecule has 1 aromatic rings. The minimum absolute atomic E-state index is 0.0393. The highest BCUT2D eigenvalue weighted by molar-refractivity contribution is 5.98. The lowest BCUT2D eigenvalue weighted by Gasteiger charge is -2.36. The van der Waals surface area contributed by atoms with E-state index in [0.29, 0.717) is 18.4 Å². The monoisotopic (exact) mass is 1080 g/mol. The zero-order valence-electron chi connectivity index (χ0n) is 47.6. The summed E-state index contributed by atoms with van der Waals surface area (Å²) in [5.41, 5.74) is 0.700. The van der Waals surface area contributed by atoms with Crippen molar-refractivity contribution in [2.45, 2.75) is 156 Å². The van der Waals surface area contributed by atoms with Crippen molar-refractivity contribution in [3.8, 4) is 0 Å². The van der Waals surface area contributed by atoms with Gasteiger partial charge in [-0.15, -0.1) is 0 Å². The summed E-state index contributed by atoms with van der Waals surface area (Å²) in [4.78, 5) is 163. The lowest BCUT2D eigenvalue weighted by Crippen LogP contribution is -2.57. The van der Waals surface area contributed by atoms with Crippen LogP contribution in [0.5, 0.6) is 0 Å². The first-order valence-electron chi connectivity index (χ1n) is 26.5. The fraction of sp³-hybridized carbons (Fsp3) is 0.667. The van der Waals surface area contributed by atoms with E-state index in [1.807, 2.05) is 34.6 Å². The number of unbranched alkanes of at least 4 members (excludes halogenated alkanes) is 2. The van der Waals surface area contributed by atoms with Crippen LogP contribution in [0.3, 0.4) is 0 Å². The Hall–Kier alpha value is -6.78. The first kappa shape index (κ1) is 68.2. The molecule has 0 aromatic heterocycles. The average molecular weight is 1090 g/mol. The molecule has 77 heavy (non-hydrogen) atoms. The Morgan fingerprint density at radius 3 is 1.52 bits per heavy atom. The van der Waals surface area contributed by atoms with Gasteiger partial charge in [-0.1, -0.05) is 91.6 Å². The maximum Gasteiger partial charge on any atom is 0.246 e. The molecule has 0 saturated heterocycles. The van der Waals surface area contributed by atoms with Crippen molar-refractivity contribution in [2.24, 2.45) is 17.8 Å². The Morgan fingerprint density at radius 1 is 0.506 bits per heavy atom. The van der Waals surface area contributed by atoms with Crippen molar-refractivity contribution in [2.75, 3.05) is 61.0 Å². The summed E-state index contributed by atoms with van der Waals surface area (Å²) in [6.07, 6.45) is 3.41. The number of hydrogen-bond donors (Lipinski definition) is 7. The van der Waals surface area contributed by atoms with Gasteiger partial charge < -0.3 is 56.6 Å². The molecular formula is C54H88N10O13. The molecule has 0 bridgehead atoms. The van der Waals surface area contributed by atoms with Gasteiger partial charge in [-0.3, -0.25) is 57.5 Å². The van der Waals surface area contributed by atoms with Crippen LogP contribution in [0.4, 0.5) is 0 Å². The molecule has 0 heterocycles. The van der Waals surface area contributed by atoms with Crippen molar-refractivity contribution in [1.82, 2.24) is 51.5 Å². The van der Waals surface area contributed by atoms with Gasteiger partial charge in [0.2, 0.25) is 59.1 Å². The van der Waals surface area contributed by atoms with Crippen LogP contribution in [0.2, 0.25) is 0 Å². The molecule has 0 aliphatic rings. The van der Waals surface area contributed by atoms with E-state index in [0.717, 1.165) is 24.2 Å². The zero-order valence-corrected chi connectivity index (χ0v) is 47.6. The van der Waals surface area contributed by atoms with Crippen molar-refractivity contribution in [1.29, 1.82) is 0 Å². The van der Waals surface area contributed by atoms with E-state index in [-0.39, 0.29) is 43.3 Å². The van der Waals surface area contributed by atoms with Gasteiger partial charge in [-0.05, 0) is 56.9 Å². The number of aliphatic hydroxyl groups excluding tert-OH is 1. The van der Waals surface area contributed by atoms with Crippen molar-refractivity contribution in [3.63, 3.8) is 0 Å². The van der Waals surface area contributed by atoms with E-state index in [9.17, 15) is 57.5 Å². The summed E-state index contributed by atoms with van der Waals surface area (Å²) < 4.78 is 0. The fourth-order valence-corrected chi connectivity index (χ4v) is 8.21. The molecule has 0 aliphatic heterocycles. The van der Waals surface area contributed by atoms with Crippen molar-refractivity contribution < 1.29 is 62.6 Å². The van der Waals surface area contributed by atoms with Gasteiger partial charge >= 0.3 is 0 Å². The number of benzene rings is 1. The summed E-state index contributed by atoms with van der Waals surface area (Å²) in [6, 6.07) is 2.67. The van der Waals surface area contributed by atoms with Crippen LogP contribution >= 0.6 is 0 Å². The molecule has 7 N–H and O–H groups in total. The molecule has 23 nitrogen and oxygen atoms in total. The van der Waals surface area contributed by atoms with Gasteiger partial charge in [0.25, 0.3) is 0 Å². The quantitative estimate of drug-likeness (QED) is 0.0449. The Kier molecular flexibility index (Phi) is 30.8. The van der Waals surface area contributed by atoms with Gasteiger partial charge in [0.15, 0.2) is 11.6 Å². The Bertz CT molecular complexity index is 2170. The molecule has 7 atom stereocenters. The minimum Gasteiger partial charge on any atom is -0.387 e. The van der Waals surface area contributed by atoms with E-state index in [1.165, 1.54) is 56.7 Å². The first-order chi connectivity index (χ1) is 36.1. The summed E-state index contributed by atoms with van der Waals surface area (Å²) in [5, 5.41) is 23.5. The van der Waals surface area contributed by atoms with E-state index in [1.54, 1.807) is 44.2 Å². The molecule has 10 amide bonds. The topological polar surface area (TPSA) is 310 Å². The number of hydrogen-bond acceptors (Lipinski definition) is 13. The minimum atomic E-state index is -1.16. The molecule has 0 radical (unpaired) electrons. The molecule has 0 saturated carbocycles. The summed E-state index contributed by atoms with van der Waals surface area (Å²) in [7, 11) is 5.66. The van der Waals surface area contributed by atoms with Crippen molar-refractivity contribution in [3.05, 3.63) is 35.9 Å². The number of rotatable bonds is 35. The molecule has 0 fully saturated rings. The number of Topliss-reactive ketones (excluding diaryl/α,β-unsaturated/α-hetero) is 2. The number of likely N-dealkylation sites (N-methyl/N-ethyl adjacent to an activating group) is 4. The van der Waals surface area contributed by atoms with Crippen LogP contribution < -0.4 is 31.9 Å². The lowest BCUT2D eigenvalue weighted by molar-refractivity contribution is -0.150. The third-order valence-electron chi connectivity index (χ3n) is 13.2. The standard InChI is InChI=1S/C54H88N10O13/c1-14-16-18-23-43(66)39(15-2)59-47(70)30-56-46(69)29-58-50(73)36(8)61(10)54(77)42(27-38-21-19-17-20-22-38)64(13)51(74)35(7)26-44(67)41(25-34(5)6)63(12)52(75)37(9)62(11)53(76)40(24-33(3)4)60-48(71)31-55-45(68)28-57-49(72)32-65/h17,19-22,33-37,39-42,65H,14-16,18,23-32H2,1-13H3,(H,55,68)(H,56,69)(H,57,72)(H,58,73)(H,59,70)(H,60,71)/t35-,36+,37+,39?,40+,41+,42+/m1/s1. The van der Waals surface area contributed by atoms with Crippen LogP contribution in [0.1, 0.15) is 119 Å². The predicted octanol–water partition coefficient (Wildman–Crippen LogP) is 0.251. The number of nitrogens with zero attached hydrogens (tertiary/aromatic N) is 4. The van der Waals surface area contributed by atoms with Crippen LogP contribution in [-0.4, -0.2) is 193 Å². The highest BCUT2D eigenvalue weighted by atomic mass is 16.3. The van der Waals surface area contributed by atoms with Crippen molar-refractivity contribution >= 4 is 70.6 Å². The summed E-state index contributed by atoms with van der Waals surface area (Å²) >= 11 is 0. The number of nitrogens with one attached hydrogen (secondary N) is 6. The van der Waals surface area contributed by atoms with Gasteiger partial charge in [-0.2, -0.15) is 0 Å². The predicted molar refractivity (Wildman–Crippen MR) is 288 cm³/mol. The van der Waals surface area contributed by atoms with Crippen LogP contribution in [-0.2, 0) is 64.0 Å². The maximum absolute atomic E-state index is 14.4. The van der Waals surface area contributed by atoms with Gasteiger partial charge in [-0.25, -0.2) is 0 Å².